The Kier molecular flexibility index (Phi) is 9.16. The smallest absolute Gasteiger partial charge is 0.214 e. The van der Waals surface area contributed by atoms with E-state index in [1.54, 1.807) is 4.31 Å². The zero-order valence-corrected chi connectivity index (χ0v) is 17.0. The van der Waals surface area contributed by atoms with E-state index in [1.165, 1.54) is 0 Å². The van der Waals surface area contributed by atoms with Crippen molar-refractivity contribution in [1.29, 1.82) is 0 Å². The number of hydrogen-bond donors (Lipinski definition) is 3. The summed E-state index contributed by atoms with van der Waals surface area (Å²) in [6.45, 7) is 10.0. The molecule has 1 aliphatic rings. The van der Waals surface area contributed by atoms with Crippen LogP contribution in [-0.2, 0) is 10.0 Å². The molecule has 0 aliphatic carbocycles. The first-order valence-electron chi connectivity index (χ1n) is 9.55. The lowest BCUT2D eigenvalue weighted by atomic mass is 9.98. The van der Waals surface area contributed by atoms with Crippen LogP contribution < -0.4 is 10.6 Å². The van der Waals surface area contributed by atoms with Gasteiger partial charge in [-0.25, -0.2) is 12.7 Å². The number of nitrogens with one attached hydrogen (secondary N) is 2. The van der Waals surface area contributed by atoms with Crippen LogP contribution in [0.1, 0.15) is 59.8 Å². The molecule has 1 aliphatic heterocycles. The summed E-state index contributed by atoms with van der Waals surface area (Å²) in [6.07, 6.45) is 3.51. The third-order valence-corrected chi connectivity index (χ3v) is 6.92. The van der Waals surface area contributed by atoms with Gasteiger partial charge in [-0.15, -0.1) is 0 Å². The van der Waals surface area contributed by atoms with Crippen LogP contribution in [0.2, 0.25) is 0 Å². The molecule has 0 bridgehead atoms. The first-order valence-corrected chi connectivity index (χ1v) is 11.2. The zero-order chi connectivity index (χ0) is 18.9. The second-order valence-electron chi connectivity index (χ2n) is 6.76. The molecule has 0 unspecified atom stereocenters. The maximum atomic E-state index is 12.1. The standard InChI is InChI=1S/C17H36N4O3S/c1-5-13-25(23,24)21-11-9-15(10-12-21)20-16(18-8-4)19-14-17(22,6-2)7-3/h15,22H,5-14H2,1-4H3,(H2,18,19,20). The fourth-order valence-corrected chi connectivity index (χ4v) is 4.42. The van der Waals surface area contributed by atoms with E-state index in [1.807, 2.05) is 27.7 Å². The minimum absolute atomic E-state index is 0.197. The Hall–Kier alpha value is -0.860. The Labute approximate surface area is 153 Å². The number of nitrogens with zero attached hydrogens (tertiary/aromatic N) is 2. The number of sulfonamides is 1. The van der Waals surface area contributed by atoms with Gasteiger partial charge in [0.15, 0.2) is 5.96 Å². The molecule has 0 atom stereocenters. The second-order valence-corrected chi connectivity index (χ2v) is 8.85. The van der Waals surface area contributed by atoms with E-state index in [2.05, 4.69) is 15.6 Å². The SMILES string of the molecule is CCCS(=O)(=O)N1CCC(NC(=NCC(O)(CC)CC)NCC)CC1. The fourth-order valence-electron chi connectivity index (χ4n) is 2.88. The number of piperidine rings is 1. The Morgan fingerprint density at radius 3 is 2.28 bits per heavy atom. The van der Waals surface area contributed by atoms with Crippen molar-refractivity contribution in [1.82, 2.24) is 14.9 Å². The van der Waals surface area contributed by atoms with Crippen LogP contribution in [-0.4, -0.2) is 67.4 Å². The number of rotatable bonds is 9. The van der Waals surface area contributed by atoms with Gasteiger partial charge >= 0.3 is 0 Å². The highest BCUT2D eigenvalue weighted by Crippen LogP contribution is 2.16. The summed E-state index contributed by atoms with van der Waals surface area (Å²) in [5, 5.41) is 17.0. The van der Waals surface area contributed by atoms with E-state index in [-0.39, 0.29) is 11.8 Å². The quantitative estimate of drug-likeness (QED) is 0.416. The highest BCUT2D eigenvalue weighted by atomic mass is 32.2. The zero-order valence-electron chi connectivity index (χ0n) is 16.2. The van der Waals surface area contributed by atoms with Gasteiger partial charge in [0.2, 0.25) is 10.0 Å². The molecule has 0 saturated carbocycles. The first kappa shape index (κ1) is 22.2. The highest BCUT2D eigenvalue weighted by Gasteiger charge is 2.28. The molecule has 0 aromatic heterocycles. The maximum Gasteiger partial charge on any atom is 0.214 e. The Balaban J connectivity index is 2.61. The van der Waals surface area contributed by atoms with Crippen molar-refractivity contribution in [2.24, 2.45) is 4.99 Å². The molecule has 0 spiro atoms. The number of hydrogen-bond acceptors (Lipinski definition) is 4. The van der Waals surface area contributed by atoms with Crippen LogP contribution in [0.25, 0.3) is 0 Å². The summed E-state index contributed by atoms with van der Waals surface area (Å²) in [5.41, 5.74) is -0.764. The van der Waals surface area contributed by atoms with Gasteiger partial charge in [0, 0.05) is 25.7 Å². The normalized spacial score (nSPS) is 18.4. The first-order chi connectivity index (χ1) is 11.8. The van der Waals surface area contributed by atoms with Gasteiger partial charge in [-0.05, 0) is 39.0 Å². The van der Waals surface area contributed by atoms with E-state index in [0.29, 0.717) is 44.9 Å². The molecular weight excluding hydrogens is 340 g/mol. The molecule has 1 rings (SSSR count). The van der Waals surface area contributed by atoms with Crippen molar-refractivity contribution >= 4 is 16.0 Å². The second kappa shape index (κ2) is 10.3. The van der Waals surface area contributed by atoms with Crippen molar-refractivity contribution in [2.75, 3.05) is 31.9 Å². The molecule has 7 nitrogen and oxygen atoms in total. The van der Waals surface area contributed by atoms with Crippen LogP contribution in [0.3, 0.4) is 0 Å². The Bertz CT molecular complexity index is 510. The Morgan fingerprint density at radius 1 is 1.20 bits per heavy atom. The van der Waals surface area contributed by atoms with Crippen LogP contribution in [0.4, 0.5) is 0 Å². The predicted molar refractivity (Wildman–Crippen MR) is 103 cm³/mol. The molecule has 8 heteroatoms. The van der Waals surface area contributed by atoms with Crippen molar-refractivity contribution in [3.05, 3.63) is 0 Å². The van der Waals surface area contributed by atoms with Crippen LogP contribution in [0.15, 0.2) is 4.99 Å². The average Bonchev–Trinajstić information content (AvgIpc) is 2.60. The van der Waals surface area contributed by atoms with Crippen molar-refractivity contribution < 1.29 is 13.5 Å². The lowest BCUT2D eigenvalue weighted by Crippen LogP contribution is -2.50. The van der Waals surface area contributed by atoms with Crippen molar-refractivity contribution in [3.63, 3.8) is 0 Å². The molecular formula is C17H36N4O3S. The molecule has 1 fully saturated rings. The molecule has 0 aromatic carbocycles. The van der Waals surface area contributed by atoms with Gasteiger partial charge in [-0.3, -0.25) is 4.99 Å². The lowest BCUT2D eigenvalue weighted by Gasteiger charge is -2.32. The van der Waals surface area contributed by atoms with Gasteiger partial charge < -0.3 is 15.7 Å². The summed E-state index contributed by atoms with van der Waals surface area (Å²) in [4.78, 5) is 4.53. The number of aliphatic hydroxyl groups is 1. The molecule has 3 N–H and O–H groups in total. The molecule has 25 heavy (non-hydrogen) atoms. The fraction of sp³-hybridized carbons (Fsp3) is 0.941. The minimum Gasteiger partial charge on any atom is -0.388 e. The third-order valence-electron chi connectivity index (χ3n) is 4.84. The van der Waals surface area contributed by atoms with Gasteiger partial charge in [-0.1, -0.05) is 20.8 Å². The van der Waals surface area contributed by atoms with Gasteiger partial charge in [0.1, 0.15) is 0 Å². The average molecular weight is 377 g/mol. The van der Waals surface area contributed by atoms with Crippen molar-refractivity contribution in [3.8, 4) is 0 Å². The van der Waals surface area contributed by atoms with E-state index in [0.717, 1.165) is 19.4 Å². The molecule has 0 amide bonds. The van der Waals surface area contributed by atoms with E-state index < -0.39 is 15.6 Å². The summed E-state index contributed by atoms with van der Waals surface area (Å²) < 4.78 is 25.9. The maximum absolute atomic E-state index is 12.1. The summed E-state index contributed by atoms with van der Waals surface area (Å²) >= 11 is 0. The Morgan fingerprint density at radius 2 is 1.80 bits per heavy atom. The third kappa shape index (κ3) is 7.11. The molecule has 0 radical (unpaired) electrons. The summed E-state index contributed by atoms with van der Waals surface area (Å²) in [6, 6.07) is 0.197. The lowest BCUT2D eigenvalue weighted by molar-refractivity contribution is 0.0417. The van der Waals surface area contributed by atoms with Crippen molar-refractivity contribution in [2.45, 2.75) is 71.4 Å². The number of aliphatic imine (C=N–C) groups is 1. The highest BCUT2D eigenvalue weighted by molar-refractivity contribution is 7.89. The minimum atomic E-state index is -3.11. The largest absolute Gasteiger partial charge is 0.388 e. The van der Waals surface area contributed by atoms with E-state index in [4.69, 9.17) is 0 Å². The van der Waals surface area contributed by atoms with Crippen LogP contribution >= 0.6 is 0 Å². The summed E-state index contributed by atoms with van der Waals surface area (Å²) in [7, 11) is -3.11. The van der Waals surface area contributed by atoms with Crippen LogP contribution in [0.5, 0.6) is 0 Å². The molecule has 148 valence electrons. The van der Waals surface area contributed by atoms with Gasteiger partial charge in [-0.2, -0.15) is 0 Å². The summed E-state index contributed by atoms with van der Waals surface area (Å²) in [5.74, 6) is 0.916. The van der Waals surface area contributed by atoms with E-state index >= 15 is 0 Å². The predicted octanol–water partition coefficient (Wildman–Crippen LogP) is 1.30. The molecule has 1 heterocycles. The monoisotopic (exact) mass is 376 g/mol. The van der Waals surface area contributed by atoms with Crippen LogP contribution in [0, 0.1) is 0 Å². The van der Waals surface area contributed by atoms with Gasteiger partial charge in [0.05, 0.1) is 17.9 Å². The van der Waals surface area contributed by atoms with E-state index in [9.17, 15) is 13.5 Å². The molecule has 0 aromatic rings. The topological polar surface area (TPSA) is 94.0 Å². The molecule has 1 saturated heterocycles. The number of guanidine groups is 1. The van der Waals surface area contributed by atoms with Gasteiger partial charge in [0.25, 0.3) is 0 Å².